The van der Waals surface area contributed by atoms with E-state index >= 15 is 0 Å². The first-order valence-electron chi connectivity index (χ1n) is 10.2. The van der Waals surface area contributed by atoms with Crippen LogP contribution in [0, 0.1) is 0 Å². The van der Waals surface area contributed by atoms with E-state index in [4.69, 9.17) is 9.47 Å². The first-order valence-corrected chi connectivity index (χ1v) is 11.1. The summed E-state index contributed by atoms with van der Waals surface area (Å²) in [6.45, 7) is 7.01. The quantitative estimate of drug-likeness (QED) is 0.344. The van der Waals surface area contributed by atoms with Gasteiger partial charge in [0.2, 0.25) is 0 Å². The number of nitrogens with one attached hydrogen (secondary N) is 2. The molecule has 166 valence electrons. The molecule has 0 spiro atoms. The van der Waals surface area contributed by atoms with Gasteiger partial charge in [0.05, 0.1) is 25.2 Å². The van der Waals surface area contributed by atoms with Gasteiger partial charge >= 0.3 is 0 Å². The highest BCUT2D eigenvalue weighted by atomic mass is 32.2. The molecular weight excluding hydrogens is 416 g/mol. The third-order valence-electron chi connectivity index (χ3n) is 4.23. The third kappa shape index (κ3) is 6.24. The topological polar surface area (TPSA) is 103 Å². The number of carbonyl (C=O) groups is 1. The van der Waals surface area contributed by atoms with Gasteiger partial charge in [-0.1, -0.05) is 24.8 Å². The SMILES string of the molecule is CCSc1nc(NC(C)C)c2cnn(CCNC(=O)COc3cccc(OC)c3)c2n1. The van der Waals surface area contributed by atoms with Gasteiger partial charge in [-0.3, -0.25) is 4.79 Å². The Bertz CT molecular complexity index is 1020. The van der Waals surface area contributed by atoms with Crippen LogP contribution in [0.25, 0.3) is 11.0 Å². The van der Waals surface area contributed by atoms with Crippen molar-refractivity contribution in [2.24, 2.45) is 0 Å². The van der Waals surface area contributed by atoms with Gasteiger partial charge in [0.15, 0.2) is 17.4 Å². The predicted octanol–water partition coefficient (Wildman–Crippen LogP) is 2.96. The van der Waals surface area contributed by atoms with Crippen molar-refractivity contribution in [1.82, 2.24) is 25.1 Å². The highest BCUT2D eigenvalue weighted by Crippen LogP contribution is 2.24. The predicted molar refractivity (Wildman–Crippen MR) is 122 cm³/mol. The Morgan fingerprint density at radius 2 is 2.06 bits per heavy atom. The molecular formula is C21H28N6O3S. The van der Waals surface area contributed by atoms with Crippen LogP contribution in [-0.2, 0) is 11.3 Å². The van der Waals surface area contributed by atoms with Gasteiger partial charge in [-0.15, -0.1) is 0 Å². The van der Waals surface area contributed by atoms with E-state index in [0.29, 0.717) is 29.7 Å². The van der Waals surface area contributed by atoms with E-state index in [2.05, 4.69) is 46.5 Å². The van der Waals surface area contributed by atoms with Gasteiger partial charge in [0, 0.05) is 18.7 Å². The van der Waals surface area contributed by atoms with Crippen LogP contribution >= 0.6 is 11.8 Å². The number of rotatable bonds is 11. The maximum atomic E-state index is 12.1. The number of amides is 1. The fraction of sp³-hybridized carbons (Fsp3) is 0.429. The Kier molecular flexibility index (Phi) is 7.94. The Balaban J connectivity index is 1.60. The van der Waals surface area contributed by atoms with Gasteiger partial charge in [0.1, 0.15) is 17.3 Å². The fourth-order valence-corrected chi connectivity index (χ4v) is 3.43. The van der Waals surface area contributed by atoms with E-state index in [1.165, 1.54) is 0 Å². The summed E-state index contributed by atoms with van der Waals surface area (Å²) in [7, 11) is 1.58. The van der Waals surface area contributed by atoms with Gasteiger partial charge in [-0.25, -0.2) is 14.6 Å². The van der Waals surface area contributed by atoms with Crippen LogP contribution in [0.3, 0.4) is 0 Å². The van der Waals surface area contributed by atoms with Crippen molar-refractivity contribution in [3.05, 3.63) is 30.5 Å². The summed E-state index contributed by atoms with van der Waals surface area (Å²) < 4.78 is 12.5. The molecule has 0 aliphatic rings. The number of fused-ring (bicyclic) bond motifs is 1. The standard InChI is InChI=1S/C21H28N6O3S/c1-5-31-21-25-19(24-14(2)3)17-12-23-27(20(17)26-21)10-9-22-18(28)13-30-16-8-6-7-15(11-16)29-4/h6-8,11-12,14H,5,9-10,13H2,1-4H3,(H,22,28)(H,24,25,26). The molecule has 0 unspecified atom stereocenters. The Morgan fingerprint density at radius 3 is 2.81 bits per heavy atom. The lowest BCUT2D eigenvalue weighted by Gasteiger charge is -2.12. The molecule has 2 N–H and O–H groups in total. The lowest BCUT2D eigenvalue weighted by molar-refractivity contribution is -0.123. The zero-order valence-corrected chi connectivity index (χ0v) is 19.0. The number of benzene rings is 1. The van der Waals surface area contributed by atoms with Gasteiger partial charge in [-0.05, 0) is 31.7 Å². The zero-order valence-electron chi connectivity index (χ0n) is 18.2. The van der Waals surface area contributed by atoms with Crippen molar-refractivity contribution < 1.29 is 14.3 Å². The molecule has 3 rings (SSSR count). The molecule has 2 aromatic heterocycles. The minimum absolute atomic E-state index is 0.0745. The van der Waals surface area contributed by atoms with Crippen LogP contribution in [0.15, 0.2) is 35.6 Å². The maximum Gasteiger partial charge on any atom is 0.258 e. The normalized spacial score (nSPS) is 11.0. The van der Waals surface area contributed by atoms with Crippen molar-refractivity contribution in [2.75, 3.05) is 31.3 Å². The summed E-state index contributed by atoms with van der Waals surface area (Å²) in [5, 5.41) is 12.2. The molecule has 2 heterocycles. The molecule has 3 aromatic rings. The maximum absolute atomic E-state index is 12.1. The van der Waals surface area contributed by atoms with Crippen LogP contribution in [0.1, 0.15) is 20.8 Å². The fourth-order valence-electron chi connectivity index (χ4n) is 2.87. The molecule has 0 fully saturated rings. The third-order valence-corrected chi connectivity index (χ3v) is 4.96. The van der Waals surface area contributed by atoms with Crippen molar-refractivity contribution in [1.29, 1.82) is 0 Å². The second-order valence-electron chi connectivity index (χ2n) is 7.01. The number of carbonyl (C=O) groups excluding carboxylic acids is 1. The summed E-state index contributed by atoms with van der Waals surface area (Å²) in [4.78, 5) is 21.4. The second kappa shape index (κ2) is 10.9. The van der Waals surface area contributed by atoms with Crippen LogP contribution in [0.2, 0.25) is 0 Å². The Hall–Kier alpha value is -3.01. The molecule has 9 nitrogen and oxygen atoms in total. The Labute approximate surface area is 185 Å². The lowest BCUT2D eigenvalue weighted by Crippen LogP contribution is -2.31. The van der Waals surface area contributed by atoms with Crippen molar-refractivity contribution in [3.8, 4) is 11.5 Å². The number of anilines is 1. The van der Waals surface area contributed by atoms with Crippen LogP contribution < -0.4 is 20.1 Å². The van der Waals surface area contributed by atoms with Crippen LogP contribution in [0.4, 0.5) is 5.82 Å². The summed E-state index contributed by atoms with van der Waals surface area (Å²) >= 11 is 1.58. The average molecular weight is 445 g/mol. The van der Waals surface area contributed by atoms with Crippen LogP contribution in [-0.4, -0.2) is 57.7 Å². The molecule has 0 aliphatic carbocycles. The van der Waals surface area contributed by atoms with E-state index in [1.807, 2.05) is 12.1 Å². The Morgan fingerprint density at radius 1 is 1.26 bits per heavy atom. The number of aromatic nitrogens is 4. The summed E-state index contributed by atoms with van der Waals surface area (Å²) in [5.74, 6) is 2.70. The molecule has 1 aromatic carbocycles. The number of hydrogen-bond donors (Lipinski definition) is 2. The summed E-state index contributed by atoms with van der Waals surface area (Å²) in [6, 6.07) is 7.38. The van der Waals surface area contributed by atoms with Crippen LogP contribution in [0.5, 0.6) is 11.5 Å². The average Bonchev–Trinajstić information content (AvgIpc) is 3.15. The number of thioether (sulfide) groups is 1. The lowest BCUT2D eigenvalue weighted by atomic mass is 10.3. The van der Waals surface area contributed by atoms with Crippen molar-refractivity contribution in [2.45, 2.75) is 38.5 Å². The van der Waals surface area contributed by atoms with Gasteiger partial charge in [-0.2, -0.15) is 5.10 Å². The van der Waals surface area contributed by atoms with E-state index < -0.39 is 0 Å². The minimum Gasteiger partial charge on any atom is -0.497 e. The van der Waals surface area contributed by atoms with E-state index in [9.17, 15) is 4.79 Å². The monoisotopic (exact) mass is 444 g/mol. The molecule has 0 bridgehead atoms. The molecule has 0 saturated carbocycles. The smallest absolute Gasteiger partial charge is 0.258 e. The molecule has 31 heavy (non-hydrogen) atoms. The highest BCUT2D eigenvalue weighted by Gasteiger charge is 2.14. The van der Waals surface area contributed by atoms with E-state index in [-0.39, 0.29) is 18.6 Å². The van der Waals surface area contributed by atoms with E-state index in [1.54, 1.807) is 41.9 Å². The number of ether oxygens (including phenoxy) is 2. The number of nitrogens with zero attached hydrogens (tertiary/aromatic N) is 4. The number of methoxy groups -OCH3 is 1. The summed E-state index contributed by atoms with van der Waals surface area (Å²) in [6.07, 6.45) is 1.76. The van der Waals surface area contributed by atoms with Gasteiger partial charge < -0.3 is 20.1 Å². The van der Waals surface area contributed by atoms with Crippen molar-refractivity contribution in [3.63, 3.8) is 0 Å². The first-order chi connectivity index (χ1) is 15.0. The second-order valence-corrected chi connectivity index (χ2v) is 8.24. The molecule has 1 amide bonds. The zero-order chi connectivity index (χ0) is 22.2. The van der Waals surface area contributed by atoms with Gasteiger partial charge in [0.25, 0.3) is 5.91 Å². The molecule has 0 saturated heterocycles. The highest BCUT2D eigenvalue weighted by molar-refractivity contribution is 7.99. The molecule has 0 radical (unpaired) electrons. The molecule has 0 atom stereocenters. The molecule has 10 heteroatoms. The number of hydrogen-bond acceptors (Lipinski definition) is 8. The molecule has 0 aliphatic heterocycles. The minimum atomic E-state index is -0.210. The first kappa shape index (κ1) is 22.7. The largest absolute Gasteiger partial charge is 0.497 e. The summed E-state index contributed by atoms with van der Waals surface area (Å²) in [5.41, 5.74) is 0.746. The van der Waals surface area contributed by atoms with Crippen molar-refractivity contribution >= 4 is 34.5 Å². The van der Waals surface area contributed by atoms with E-state index in [0.717, 1.165) is 22.6 Å².